The molecule has 2 rings (SSSR count). The minimum atomic E-state index is -0.974. The quantitative estimate of drug-likeness (QED) is 0.873. The van der Waals surface area contributed by atoms with Gasteiger partial charge in [0.15, 0.2) is 0 Å². The lowest BCUT2D eigenvalue weighted by molar-refractivity contribution is 0.241. The number of carbonyl (C=O) groups excluding carboxylic acids is 1. The molecule has 0 spiro atoms. The first-order chi connectivity index (χ1) is 10.3. The van der Waals surface area contributed by atoms with Crippen LogP contribution in [0.4, 0.5) is 9.18 Å². The summed E-state index contributed by atoms with van der Waals surface area (Å²) in [4.78, 5) is 11.8. The van der Waals surface area contributed by atoms with Crippen molar-refractivity contribution in [2.75, 3.05) is 12.3 Å². The molecular weight excluding hydrogens is 303 g/mol. The van der Waals surface area contributed by atoms with Gasteiger partial charge >= 0.3 is 6.03 Å². The van der Waals surface area contributed by atoms with Crippen LogP contribution < -0.4 is 10.6 Å². The number of halogens is 1. The average molecular weight is 326 g/mol. The topological polar surface area (TPSA) is 58.2 Å². The first-order valence-electron chi connectivity index (χ1n) is 7.45. The van der Waals surface area contributed by atoms with Gasteiger partial charge in [0.1, 0.15) is 5.82 Å². The van der Waals surface area contributed by atoms with Crippen LogP contribution in [0.1, 0.15) is 38.7 Å². The Kier molecular flexibility index (Phi) is 5.21. The number of rotatable bonds is 5. The fraction of sp³-hybridized carbons (Fsp3) is 0.562. The molecule has 4 nitrogen and oxygen atoms in total. The van der Waals surface area contributed by atoms with Crippen LogP contribution in [-0.4, -0.2) is 33.3 Å². The Morgan fingerprint density at radius 2 is 2.14 bits per heavy atom. The van der Waals surface area contributed by atoms with Gasteiger partial charge in [-0.1, -0.05) is 12.1 Å². The number of urea groups is 1. The Labute approximate surface area is 133 Å². The van der Waals surface area contributed by atoms with Gasteiger partial charge in [-0.15, -0.1) is 0 Å². The number of carbonyl (C=O) groups is 1. The van der Waals surface area contributed by atoms with Gasteiger partial charge in [-0.3, -0.25) is 4.21 Å². The number of nitrogens with one attached hydrogen (secondary N) is 2. The van der Waals surface area contributed by atoms with Crippen molar-refractivity contribution >= 4 is 16.8 Å². The van der Waals surface area contributed by atoms with Crippen LogP contribution in [0.2, 0.25) is 0 Å². The van der Waals surface area contributed by atoms with Crippen molar-refractivity contribution < 1.29 is 13.4 Å². The Morgan fingerprint density at radius 1 is 1.41 bits per heavy atom. The van der Waals surface area contributed by atoms with Gasteiger partial charge in [0, 0.05) is 39.8 Å². The second kappa shape index (κ2) is 6.77. The number of benzene rings is 1. The van der Waals surface area contributed by atoms with Crippen LogP contribution in [0.25, 0.3) is 0 Å². The minimum Gasteiger partial charge on any atom is -0.337 e. The van der Waals surface area contributed by atoms with E-state index in [4.69, 9.17) is 0 Å². The van der Waals surface area contributed by atoms with E-state index < -0.39 is 10.8 Å². The molecule has 3 atom stereocenters. The lowest BCUT2D eigenvalue weighted by Crippen LogP contribution is -2.40. The van der Waals surface area contributed by atoms with Gasteiger partial charge in [-0.05, 0) is 44.9 Å². The van der Waals surface area contributed by atoms with Gasteiger partial charge in [-0.25, -0.2) is 9.18 Å². The number of amides is 2. The van der Waals surface area contributed by atoms with Crippen LogP contribution in [-0.2, 0) is 10.8 Å². The van der Waals surface area contributed by atoms with Crippen LogP contribution >= 0.6 is 0 Å². The first kappa shape index (κ1) is 16.9. The zero-order valence-corrected chi connectivity index (χ0v) is 14.0. The van der Waals surface area contributed by atoms with Crippen molar-refractivity contribution in [3.63, 3.8) is 0 Å². The monoisotopic (exact) mass is 326 g/mol. The Balaban J connectivity index is 1.70. The zero-order chi connectivity index (χ0) is 16.3. The largest absolute Gasteiger partial charge is 0.337 e. The molecular formula is C16H23FN2O2S. The third kappa shape index (κ3) is 4.80. The maximum absolute atomic E-state index is 13.2. The molecule has 6 heteroatoms. The molecule has 1 saturated carbocycles. The lowest BCUT2D eigenvalue weighted by atomic mass is 10.1. The number of hydrogen-bond donors (Lipinski definition) is 2. The van der Waals surface area contributed by atoms with E-state index in [1.54, 1.807) is 6.07 Å². The molecule has 1 aliphatic rings. The van der Waals surface area contributed by atoms with Crippen molar-refractivity contribution in [1.29, 1.82) is 0 Å². The molecule has 0 saturated heterocycles. The summed E-state index contributed by atoms with van der Waals surface area (Å²) in [5.74, 6) is 0.372. The summed E-state index contributed by atoms with van der Waals surface area (Å²) in [7, 11) is -0.974. The standard InChI is InChI=1S/C16H23FN2O2S/c1-16(2,3)22(21)8-7-18-15(20)19-14-10-13(14)11-5-4-6-12(17)9-11/h4-6,9,13-14H,7-8,10H2,1-3H3,(H2,18,19,20). The van der Waals surface area contributed by atoms with E-state index >= 15 is 0 Å². The SMILES string of the molecule is CC(C)(C)S(=O)CCNC(=O)NC1CC1c1cccc(F)c1. The Morgan fingerprint density at radius 3 is 2.77 bits per heavy atom. The lowest BCUT2D eigenvalue weighted by Gasteiger charge is -2.17. The smallest absolute Gasteiger partial charge is 0.315 e. The van der Waals surface area contributed by atoms with E-state index in [9.17, 15) is 13.4 Å². The van der Waals surface area contributed by atoms with Gasteiger partial charge in [-0.2, -0.15) is 0 Å². The summed E-state index contributed by atoms with van der Waals surface area (Å²) in [6.07, 6.45) is 0.824. The van der Waals surface area contributed by atoms with Crippen molar-refractivity contribution in [1.82, 2.24) is 10.6 Å². The molecule has 22 heavy (non-hydrogen) atoms. The van der Waals surface area contributed by atoms with Gasteiger partial charge in [0.2, 0.25) is 0 Å². The fourth-order valence-corrected chi connectivity index (χ4v) is 3.14. The van der Waals surface area contributed by atoms with Crippen molar-refractivity contribution in [3.05, 3.63) is 35.6 Å². The third-order valence-electron chi connectivity index (χ3n) is 3.64. The second-order valence-corrected chi connectivity index (χ2v) is 8.89. The molecule has 0 aliphatic heterocycles. The van der Waals surface area contributed by atoms with Crippen LogP contribution in [0.15, 0.2) is 24.3 Å². The van der Waals surface area contributed by atoms with E-state index in [0.717, 1.165) is 12.0 Å². The van der Waals surface area contributed by atoms with Gasteiger partial charge in [0.25, 0.3) is 0 Å². The van der Waals surface area contributed by atoms with Gasteiger partial charge < -0.3 is 10.6 Å². The van der Waals surface area contributed by atoms with E-state index in [2.05, 4.69) is 10.6 Å². The molecule has 1 aromatic rings. The number of hydrogen-bond acceptors (Lipinski definition) is 2. The van der Waals surface area contributed by atoms with E-state index in [-0.39, 0.29) is 28.6 Å². The fourth-order valence-electron chi connectivity index (χ4n) is 2.24. The second-order valence-electron chi connectivity index (χ2n) is 6.57. The molecule has 2 amide bonds. The van der Waals surface area contributed by atoms with Crippen LogP contribution in [0.5, 0.6) is 0 Å². The van der Waals surface area contributed by atoms with Crippen LogP contribution in [0, 0.1) is 5.82 Å². The van der Waals surface area contributed by atoms with Gasteiger partial charge in [0.05, 0.1) is 0 Å². The maximum atomic E-state index is 13.2. The Hall–Kier alpha value is -1.43. The predicted molar refractivity (Wildman–Crippen MR) is 86.8 cm³/mol. The summed E-state index contributed by atoms with van der Waals surface area (Å²) < 4.78 is 24.7. The minimum absolute atomic E-state index is 0.0508. The van der Waals surface area contributed by atoms with Crippen molar-refractivity contribution in [2.45, 2.75) is 43.9 Å². The average Bonchev–Trinajstić information content (AvgIpc) is 3.16. The normalized spacial score (nSPS) is 22.0. The first-order valence-corrected chi connectivity index (χ1v) is 8.77. The molecule has 2 N–H and O–H groups in total. The molecule has 0 aromatic heterocycles. The molecule has 122 valence electrons. The van der Waals surface area contributed by atoms with Crippen molar-refractivity contribution in [3.8, 4) is 0 Å². The maximum Gasteiger partial charge on any atom is 0.315 e. The summed E-state index contributed by atoms with van der Waals surface area (Å²) in [5, 5.41) is 5.59. The summed E-state index contributed by atoms with van der Waals surface area (Å²) in [5.41, 5.74) is 0.916. The zero-order valence-electron chi connectivity index (χ0n) is 13.2. The Bertz CT molecular complexity index is 572. The molecule has 1 aromatic carbocycles. The highest BCUT2D eigenvalue weighted by Gasteiger charge is 2.39. The molecule has 0 heterocycles. The molecule has 0 bridgehead atoms. The highest BCUT2D eigenvalue weighted by atomic mass is 32.2. The van der Waals surface area contributed by atoms with E-state index in [0.29, 0.717) is 12.3 Å². The molecule has 1 fully saturated rings. The molecule has 0 radical (unpaired) electrons. The summed E-state index contributed by atoms with van der Waals surface area (Å²) >= 11 is 0. The summed E-state index contributed by atoms with van der Waals surface area (Å²) in [6.45, 7) is 6.12. The van der Waals surface area contributed by atoms with Crippen molar-refractivity contribution in [2.24, 2.45) is 0 Å². The predicted octanol–water partition coefficient (Wildman–Crippen LogP) is 2.53. The highest BCUT2D eigenvalue weighted by molar-refractivity contribution is 7.86. The molecule has 1 aliphatic carbocycles. The molecule has 3 unspecified atom stereocenters. The van der Waals surface area contributed by atoms with Crippen LogP contribution in [0.3, 0.4) is 0 Å². The van der Waals surface area contributed by atoms with E-state index in [1.807, 2.05) is 26.8 Å². The third-order valence-corrected chi connectivity index (χ3v) is 5.58. The highest BCUT2D eigenvalue weighted by Crippen LogP contribution is 2.40. The van der Waals surface area contributed by atoms with E-state index in [1.165, 1.54) is 12.1 Å². The summed E-state index contributed by atoms with van der Waals surface area (Å²) in [6, 6.07) is 6.28.